The van der Waals surface area contributed by atoms with Crippen LogP contribution in [-0.2, 0) is 6.54 Å². The fourth-order valence-electron chi connectivity index (χ4n) is 3.48. The number of β-amino-alcohol motifs (C(OH)–C–C–N with tert-alkyl or cyclic N) is 1. The molecule has 4 rings (SSSR count). The molecule has 0 bridgehead atoms. The summed E-state index contributed by atoms with van der Waals surface area (Å²) in [5, 5.41) is 19.9. The monoisotopic (exact) mass is 385 g/mol. The van der Waals surface area contributed by atoms with E-state index in [4.69, 9.17) is 0 Å². The number of benzene rings is 1. The smallest absolute Gasteiger partial charge is 0.264 e. The van der Waals surface area contributed by atoms with Crippen LogP contribution in [0.2, 0.25) is 0 Å². The minimum atomic E-state index is -0.431. The van der Waals surface area contributed by atoms with E-state index in [2.05, 4.69) is 16.0 Å². The van der Waals surface area contributed by atoms with Gasteiger partial charge in [-0.25, -0.2) is 0 Å². The maximum atomic E-state index is 13.1. The molecule has 0 radical (unpaired) electrons. The van der Waals surface area contributed by atoms with Crippen molar-refractivity contribution in [2.75, 3.05) is 18.0 Å². The molecule has 0 saturated carbocycles. The number of H-pyrrole nitrogens is 1. The van der Waals surface area contributed by atoms with Crippen LogP contribution in [0.3, 0.4) is 0 Å². The molecule has 2 N–H and O–H groups in total. The van der Waals surface area contributed by atoms with Crippen LogP contribution in [0.5, 0.6) is 0 Å². The molecule has 1 unspecified atom stereocenters. The first-order valence-electron chi connectivity index (χ1n) is 8.66. The molecule has 1 saturated heterocycles. The molecule has 1 aliphatic heterocycles. The van der Waals surface area contributed by atoms with Gasteiger partial charge in [0.15, 0.2) is 0 Å². The standard InChI is InChI=1S/C19H19N5O2.ClH/c20-10-13-4-1-2-5-14(13)11-24-18(26)16-7-8-21-17(16)22-19(24)23-9-3-6-15(25)12-23;/h1-2,4-5,7-8,15,21,25H,3,6,9,11-12H2;1H. The van der Waals surface area contributed by atoms with Crippen LogP contribution < -0.4 is 10.5 Å². The number of halogens is 1. The van der Waals surface area contributed by atoms with Gasteiger partial charge in [0, 0.05) is 19.3 Å². The Hall–Kier alpha value is -2.82. The molecule has 140 valence electrons. The second kappa shape index (κ2) is 7.82. The summed E-state index contributed by atoms with van der Waals surface area (Å²) in [6.07, 6.45) is 2.86. The highest BCUT2D eigenvalue weighted by atomic mass is 35.5. The average molecular weight is 386 g/mol. The molecule has 3 aromatic rings. The number of aliphatic hydroxyl groups is 1. The number of hydrogen-bond acceptors (Lipinski definition) is 5. The van der Waals surface area contributed by atoms with Crippen LogP contribution in [0.4, 0.5) is 5.95 Å². The largest absolute Gasteiger partial charge is 0.391 e. The second-order valence-corrected chi connectivity index (χ2v) is 6.55. The van der Waals surface area contributed by atoms with Crippen LogP contribution in [0, 0.1) is 11.3 Å². The van der Waals surface area contributed by atoms with E-state index in [1.807, 2.05) is 17.0 Å². The lowest BCUT2D eigenvalue weighted by molar-refractivity contribution is 0.153. The number of rotatable bonds is 3. The first-order valence-corrected chi connectivity index (χ1v) is 8.66. The van der Waals surface area contributed by atoms with E-state index in [1.54, 1.807) is 29.0 Å². The topological polar surface area (TPSA) is 97.9 Å². The SMILES string of the molecule is Cl.N#Cc1ccccc1Cn1c(N2CCCC(O)C2)nc2[nH]ccc2c1=O. The van der Waals surface area contributed by atoms with Crippen molar-refractivity contribution in [1.29, 1.82) is 5.26 Å². The molecular formula is C19H20ClN5O2. The Bertz CT molecular complexity index is 1050. The van der Waals surface area contributed by atoms with Crippen molar-refractivity contribution < 1.29 is 5.11 Å². The molecule has 8 heteroatoms. The zero-order valence-corrected chi connectivity index (χ0v) is 15.4. The third-order valence-corrected chi connectivity index (χ3v) is 4.80. The van der Waals surface area contributed by atoms with Crippen molar-refractivity contribution in [3.8, 4) is 6.07 Å². The second-order valence-electron chi connectivity index (χ2n) is 6.55. The first kappa shape index (κ1) is 19.0. The van der Waals surface area contributed by atoms with Gasteiger partial charge in [0.05, 0.1) is 29.7 Å². The van der Waals surface area contributed by atoms with Crippen LogP contribution in [0.1, 0.15) is 24.0 Å². The Labute approximate surface area is 162 Å². The number of fused-ring (bicyclic) bond motifs is 1. The summed E-state index contributed by atoms with van der Waals surface area (Å²) in [5.74, 6) is 0.524. The lowest BCUT2D eigenvalue weighted by atomic mass is 10.1. The Morgan fingerprint density at radius 2 is 2.15 bits per heavy atom. The molecule has 0 amide bonds. The normalized spacial score (nSPS) is 16.7. The lowest BCUT2D eigenvalue weighted by Crippen LogP contribution is -2.42. The van der Waals surface area contributed by atoms with Gasteiger partial charge in [-0.05, 0) is 30.5 Å². The van der Waals surface area contributed by atoms with Crippen LogP contribution in [-0.4, -0.2) is 38.8 Å². The third kappa shape index (κ3) is 3.54. The summed E-state index contributed by atoms with van der Waals surface area (Å²) in [7, 11) is 0. The number of aliphatic hydroxyl groups excluding tert-OH is 1. The van der Waals surface area contributed by atoms with Gasteiger partial charge in [0.1, 0.15) is 5.65 Å². The molecule has 1 aliphatic rings. The maximum absolute atomic E-state index is 13.1. The fraction of sp³-hybridized carbons (Fsp3) is 0.316. The van der Waals surface area contributed by atoms with Crippen molar-refractivity contribution in [2.24, 2.45) is 0 Å². The van der Waals surface area contributed by atoms with Crippen molar-refractivity contribution in [1.82, 2.24) is 14.5 Å². The number of piperidine rings is 1. The van der Waals surface area contributed by atoms with Gasteiger partial charge in [-0.3, -0.25) is 9.36 Å². The molecule has 27 heavy (non-hydrogen) atoms. The van der Waals surface area contributed by atoms with Crippen LogP contribution in [0.15, 0.2) is 41.3 Å². The van der Waals surface area contributed by atoms with E-state index < -0.39 is 6.10 Å². The molecular weight excluding hydrogens is 366 g/mol. The van der Waals surface area contributed by atoms with Crippen molar-refractivity contribution in [2.45, 2.75) is 25.5 Å². The van der Waals surface area contributed by atoms with E-state index in [-0.39, 0.29) is 24.5 Å². The summed E-state index contributed by atoms with van der Waals surface area (Å²) in [6.45, 7) is 1.44. The highest BCUT2D eigenvalue weighted by molar-refractivity contribution is 5.85. The highest BCUT2D eigenvalue weighted by Crippen LogP contribution is 2.21. The molecule has 7 nitrogen and oxygen atoms in total. The van der Waals surface area contributed by atoms with Gasteiger partial charge in [-0.2, -0.15) is 10.2 Å². The van der Waals surface area contributed by atoms with E-state index in [0.717, 1.165) is 24.9 Å². The van der Waals surface area contributed by atoms with Gasteiger partial charge in [0.25, 0.3) is 5.56 Å². The molecule has 0 spiro atoms. The number of aromatic amines is 1. The highest BCUT2D eigenvalue weighted by Gasteiger charge is 2.23. The Morgan fingerprint density at radius 3 is 2.93 bits per heavy atom. The van der Waals surface area contributed by atoms with Crippen molar-refractivity contribution in [3.63, 3.8) is 0 Å². The summed E-state index contributed by atoms with van der Waals surface area (Å²) in [5.41, 5.74) is 1.69. The summed E-state index contributed by atoms with van der Waals surface area (Å²) in [4.78, 5) is 22.7. The molecule has 3 heterocycles. The minimum absolute atomic E-state index is 0. The maximum Gasteiger partial charge on any atom is 0.264 e. The van der Waals surface area contributed by atoms with E-state index in [9.17, 15) is 15.2 Å². The van der Waals surface area contributed by atoms with E-state index >= 15 is 0 Å². The molecule has 0 aliphatic carbocycles. The quantitative estimate of drug-likeness (QED) is 0.718. The summed E-state index contributed by atoms with van der Waals surface area (Å²) >= 11 is 0. The first-order chi connectivity index (χ1) is 12.7. The van der Waals surface area contributed by atoms with Crippen molar-refractivity contribution >= 4 is 29.4 Å². The van der Waals surface area contributed by atoms with Crippen LogP contribution in [0.25, 0.3) is 11.0 Å². The average Bonchev–Trinajstić information content (AvgIpc) is 3.13. The number of nitriles is 1. The number of nitrogens with zero attached hydrogens (tertiary/aromatic N) is 4. The number of nitrogens with one attached hydrogen (secondary N) is 1. The lowest BCUT2D eigenvalue weighted by Gasteiger charge is -2.32. The Balaban J connectivity index is 0.00000210. The van der Waals surface area contributed by atoms with Gasteiger partial charge < -0.3 is 15.0 Å². The third-order valence-electron chi connectivity index (χ3n) is 4.80. The molecule has 1 atom stereocenters. The summed E-state index contributed by atoms with van der Waals surface area (Å²) in [6, 6.07) is 11.1. The predicted octanol–water partition coefficient (Wildman–Crippen LogP) is 2.03. The van der Waals surface area contributed by atoms with Gasteiger partial charge in [-0.1, -0.05) is 18.2 Å². The Kier molecular flexibility index (Phi) is 5.49. The zero-order chi connectivity index (χ0) is 18.1. The van der Waals surface area contributed by atoms with E-state index in [0.29, 0.717) is 29.1 Å². The molecule has 1 aromatic carbocycles. The molecule has 1 fully saturated rings. The minimum Gasteiger partial charge on any atom is -0.391 e. The predicted molar refractivity (Wildman–Crippen MR) is 105 cm³/mol. The number of anilines is 1. The zero-order valence-electron chi connectivity index (χ0n) is 14.6. The van der Waals surface area contributed by atoms with Crippen LogP contribution >= 0.6 is 12.4 Å². The Morgan fingerprint density at radius 1 is 1.33 bits per heavy atom. The fourth-order valence-corrected chi connectivity index (χ4v) is 3.48. The van der Waals surface area contributed by atoms with E-state index in [1.165, 1.54) is 0 Å². The number of aromatic nitrogens is 3. The number of hydrogen-bond donors (Lipinski definition) is 2. The summed E-state index contributed by atoms with van der Waals surface area (Å²) < 4.78 is 1.60. The van der Waals surface area contributed by atoms with Gasteiger partial charge in [-0.15, -0.1) is 12.4 Å². The van der Waals surface area contributed by atoms with Gasteiger partial charge >= 0.3 is 0 Å². The van der Waals surface area contributed by atoms with Gasteiger partial charge in [0.2, 0.25) is 5.95 Å². The van der Waals surface area contributed by atoms with Crippen molar-refractivity contribution in [3.05, 3.63) is 58.0 Å². The molecule has 2 aromatic heterocycles.